The van der Waals surface area contributed by atoms with E-state index in [1.165, 1.54) is 0 Å². The lowest BCUT2D eigenvalue weighted by atomic mass is 10.0. The van der Waals surface area contributed by atoms with E-state index in [0.717, 1.165) is 76.9 Å². The molecule has 0 aliphatic carbocycles. The number of benzene rings is 3. The van der Waals surface area contributed by atoms with E-state index in [-0.39, 0.29) is 5.56 Å². The van der Waals surface area contributed by atoms with Crippen LogP contribution in [-0.4, -0.2) is 47.3 Å². The molecule has 1 aliphatic rings. The standard InChI is InChI=1S/C23H20N4O2/c28-23-17-5-3-4-15-18(24-14-26-10-12-29-13-11-26)9-8-16(21(15)17)22-25-19-6-1-2-7-20(19)27(22)23/h1-9,24H,10-14H2. The highest BCUT2D eigenvalue weighted by atomic mass is 16.5. The van der Waals surface area contributed by atoms with Gasteiger partial charge in [-0.05, 0) is 30.3 Å². The molecular formula is C23H20N4O2. The largest absolute Gasteiger partial charge is 0.379 e. The third-order valence-electron chi connectivity index (χ3n) is 5.87. The molecule has 1 saturated heterocycles. The molecule has 0 spiro atoms. The fourth-order valence-electron chi connectivity index (χ4n) is 4.41. The van der Waals surface area contributed by atoms with Crippen molar-refractivity contribution in [1.29, 1.82) is 0 Å². The summed E-state index contributed by atoms with van der Waals surface area (Å²) < 4.78 is 7.17. The lowest BCUT2D eigenvalue weighted by molar-refractivity contribution is 0.0415. The Bertz CT molecular complexity index is 1420. The number of para-hydroxylation sites is 2. The SMILES string of the molecule is O=c1c2cccc3c(NCN4CCOCC4)ccc(c32)c2nc3ccccc3n12. The van der Waals surface area contributed by atoms with Gasteiger partial charge < -0.3 is 10.1 Å². The summed E-state index contributed by atoms with van der Waals surface area (Å²) in [6.07, 6.45) is 0. The molecule has 0 unspecified atom stereocenters. The third kappa shape index (κ3) is 2.50. The first-order chi connectivity index (χ1) is 14.3. The van der Waals surface area contributed by atoms with Crippen LogP contribution in [0.2, 0.25) is 0 Å². The smallest absolute Gasteiger partial charge is 0.264 e. The van der Waals surface area contributed by atoms with Crippen LogP contribution in [-0.2, 0) is 4.74 Å². The Labute approximate surface area is 166 Å². The minimum absolute atomic E-state index is 0.0165. The lowest BCUT2D eigenvalue weighted by Gasteiger charge is -2.27. The molecule has 0 atom stereocenters. The summed E-state index contributed by atoms with van der Waals surface area (Å²) in [5.74, 6) is 0. The van der Waals surface area contributed by atoms with Gasteiger partial charge in [-0.15, -0.1) is 0 Å². The molecule has 1 N–H and O–H groups in total. The van der Waals surface area contributed by atoms with Crippen molar-refractivity contribution in [3.05, 3.63) is 65.0 Å². The van der Waals surface area contributed by atoms with Gasteiger partial charge in [-0.2, -0.15) is 0 Å². The van der Waals surface area contributed by atoms with E-state index in [1.807, 2.05) is 36.4 Å². The number of morpholine rings is 1. The third-order valence-corrected chi connectivity index (χ3v) is 5.87. The van der Waals surface area contributed by atoms with E-state index in [4.69, 9.17) is 9.72 Å². The minimum atomic E-state index is -0.0165. The molecule has 6 nitrogen and oxygen atoms in total. The first-order valence-electron chi connectivity index (χ1n) is 9.93. The summed E-state index contributed by atoms with van der Waals surface area (Å²) in [7, 11) is 0. The van der Waals surface area contributed by atoms with E-state index >= 15 is 0 Å². The Morgan fingerprint density at radius 3 is 2.66 bits per heavy atom. The second-order valence-electron chi connectivity index (χ2n) is 7.52. The summed E-state index contributed by atoms with van der Waals surface area (Å²) in [4.78, 5) is 20.5. The Balaban J connectivity index is 1.57. The second-order valence-corrected chi connectivity index (χ2v) is 7.52. The quantitative estimate of drug-likeness (QED) is 0.517. The number of ether oxygens (including phenoxy) is 1. The van der Waals surface area contributed by atoms with Crippen molar-refractivity contribution >= 4 is 43.9 Å². The monoisotopic (exact) mass is 384 g/mol. The maximum atomic E-state index is 13.4. The van der Waals surface area contributed by atoms with Crippen LogP contribution in [0.15, 0.2) is 59.4 Å². The predicted molar refractivity (Wildman–Crippen MR) is 116 cm³/mol. The number of nitrogens with one attached hydrogen (secondary N) is 1. The van der Waals surface area contributed by atoms with Crippen molar-refractivity contribution in [2.75, 3.05) is 38.3 Å². The highest BCUT2D eigenvalue weighted by Crippen LogP contribution is 2.33. The summed E-state index contributed by atoms with van der Waals surface area (Å²) in [5.41, 5.74) is 3.43. The second kappa shape index (κ2) is 6.40. The number of anilines is 1. The number of hydrogen-bond acceptors (Lipinski definition) is 5. The molecule has 1 aliphatic heterocycles. The van der Waals surface area contributed by atoms with Crippen LogP contribution in [0.3, 0.4) is 0 Å². The molecule has 0 amide bonds. The van der Waals surface area contributed by atoms with Crippen LogP contribution in [0.4, 0.5) is 5.69 Å². The van der Waals surface area contributed by atoms with Gasteiger partial charge in [-0.3, -0.25) is 14.1 Å². The Kier molecular flexibility index (Phi) is 3.69. The van der Waals surface area contributed by atoms with Crippen molar-refractivity contribution in [1.82, 2.24) is 14.3 Å². The highest BCUT2D eigenvalue weighted by molar-refractivity contribution is 6.18. The normalized spacial score (nSPS) is 15.7. The summed E-state index contributed by atoms with van der Waals surface area (Å²) in [5, 5.41) is 7.32. The number of pyridine rings is 1. The van der Waals surface area contributed by atoms with E-state index in [1.54, 1.807) is 4.40 Å². The van der Waals surface area contributed by atoms with Crippen LogP contribution in [0.5, 0.6) is 0 Å². The highest BCUT2D eigenvalue weighted by Gasteiger charge is 2.17. The fourth-order valence-corrected chi connectivity index (χ4v) is 4.41. The van der Waals surface area contributed by atoms with Crippen molar-refractivity contribution in [2.24, 2.45) is 0 Å². The van der Waals surface area contributed by atoms with E-state index in [2.05, 4.69) is 28.4 Å². The summed E-state index contributed by atoms with van der Waals surface area (Å²) >= 11 is 0. The Morgan fingerprint density at radius 2 is 1.76 bits per heavy atom. The van der Waals surface area contributed by atoms with Gasteiger partial charge in [0.2, 0.25) is 0 Å². The molecular weight excluding hydrogens is 364 g/mol. The number of nitrogens with zero attached hydrogens (tertiary/aromatic N) is 3. The first-order valence-corrected chi connectivity index (χ1v) is 9.93. The lowest BCUT2D eigenvalue weighted by Crippen LogP contribution is -2.39. The molecule has 1 fully saturated rings. The Hall–Kier alpha value is -3.22. The summed E-state index contributed by atoms with van der Waals surface area (Å²) in [6, 6.07) is 17.9. The molecule has 0 radical (unpaired) electrons. The topological polar surface area (TPSA) is 58.9 Å². The minimum Gasteiger partial charge on any atom is -0.379 e. The maximum absolute atomic E-state index is 13.4. The van der Waals surface area contributed by atoms with Gasteiger partial charge in [0.1, 0.15) is 5.65 Å². The van der Waals surface area contributed by atoms with Gasteiger partial charge in [-0.25, -0.2) is 4.98 Å². The van der Waals surface area contributed by atoms with Crippen LogP contribution in [0.1, 0.15) is 0 Å². The van der Waals surface area contributed by atoms with Gasteiger partial charge in [0, 0.05) is 40.3 Å². The zero-order valence-electron chi connectivity index (χ0n) is 15.9. The van der Waals surface area contributed by atoms with Gasteiger partial charge in [0.25, 0.3) is 5.56 Å². The van der Waals surface area contributed by atoms with E-state index < -0.39 is 0 Å². The van der Waals surface area contributed by atoms with Crippen LogP contribution in [0.25, 0.3) is 38.2 Å². The van der Waals surface area contributed by atoms with Crippen molar-refractivity contribution in [3.63, 3.8) is 0 Å². The fraction of sp³-hybridized carbons (Fsp3) is 0.217. The van der Waals surface area contributed by atoms with Gasteiger partial charge >= 0.3 is 0 Å². The zero-order chi connectivity index (χ0) is 19.4. The van der Waals surface area contributed by atoms with Crippen molar-refractivity contribution < 1.29 is 4.74 Å². The molecule has 6 rings (SSSR count). The predicted octanol–water partition coefficient (Wildman–Crippen LogP) is 3.29. The van der Waals surface area contributed by atoms with Crippen LogP contribution >= 0.6 is 0 Å². The van der Waals surface area contributed by atoms with Crippen LogP contribution in [0, 0.1) is 0 Å². The number of hydrogen-bond donors (Lipinski definition) is 1. The van der Waals surface area contributed by atoms with Crippen molar-refractivity contribution in [3.8, 4) is 0 Å². The number of fused-ring (bicyclic) bond motifs is 4. The molecule has 3 aromatic carbocycles. The average Bonchev–Trinajstić information content (AvgIpc) is 3.17. The number of imidazole rings is 1. The molecule has 144 valence electrons. The first kappa shape index (κ1) is 16.7. The number of aromatic nitrogens is 2. The molecule has 5 aromatic rings. The summed E-state index contributed by atoms with van der Waals surface area (Å²) in [6.45, 7) is 4.16. The van der Waals surface area contributed by atoms with Gasteiger partial charge in [0.05, 0.1) is 30.9 Å². The average molecular weight is 384 g/mol. The molecule has 2 aromatic heterocycles. The van der Waals surface area contributed by atoms with E-state index in [0.29, 0.717) is 0 Å². The molecule has 29 heavy (non-hydrogen) atoms. The van der Waals surface area contributed by atoms with Gasteiger partial charge in [0.15, 0.2) is 0 Å². The molecule has 0 bridgehead atoms. The van der Waals surface area contributed by atoms with Crippen LogP contribution < -0.4 is 10.9 Å². The van der Waals surface area contributed by atoms with Crippen molar-refractivity contribution in [2.45, 2.75) is 0 Å². The molecule has 0 saturated carbocycles. The Morgan fingerprint density at radius 1 is 0.931 bits per heavy atom. The zero-order valence-corrected chi connectivity index (χ0v) is 15.9. The van der Waals surface area contributed by atoms with Gasteiger partial charge in [-0.1, -0.05) is 24.3 Å². The number of rotatable bonds is 3. The van der Waals surface area contributed by atoms with E-state index in [9.17, 15) is 4.79 Å². The molecule has 3 heterocycles. The molecule has 6 heteroatoms. The maximum Gasteiger partial charge on any atom is 0.264 e.